The van der Waals surface area contributed by atoms with Gasteiger partial charge >= 0.3 is 0 Å². The maximum atomic E-state index is 6.55. The largest absolute Gasteiger partial charge is 0.383 e. The van der Waals surface area contributed by atoms with Crippen LogP contribution in [0.4, 0.5) is 5.82 Å². The summed E-state index contributed by atoms with van der Waals surface area (Å²) in [6.07, 6.45) is 7.76. The van der Waals surface area contributed by atoms with E-state index in [1.54, 1.807) is 4.52 Å². The molecule has 0 radical (unpaired) electrons. The number of ether oxygens (including phenoxy) is 1. The van der Waals surface area contributed by atoms with Gasteiger partial charge in [-0.15, -0.1) is 0 Å². The number of rotatable bonds is 4. The second-order valence-electron chi connectivity index (χ2n) is 8.60. The van der Waals surface area contributed by atoms with Crippen LogP contribution in [0.2, 0.25) is 0 Å². The van der Waals surface area contributed by atoms with Crippen molar-refractivity contribution >= 4 is 11.5 Å². The van der Waals surface area contributed by atoms with E-state index in [0.29, 0.717) is 11.9 Å². The van der Waals surface area contributed by atoms with Gasteiger partial charge < -0.3 is 15.8 Å². The molecular weight excluding hydrogens is 400 g/mol. The highest BCUT2D eigenvalue weighted by molar-refractivity contribution is 5.79. The molecule has 1 fully saturated rings. The Bertz CT molecular complexity index is 1250. The second-order valence-corrected chi connectivity index (χ2v) is 8.60. The van der Waals surface area contributed by atoms with E-state index in [0.717, 1.165) is 78.2 Å². The van der Waals surface area contributed by atoms with Crippen LogP contribution in [-0.4, -0.2) is 38.8 Å². The molecule has 1 aliphatic carbocycles. The third kappa shape index (κ3) is 3.34. The van der Waals surface area contributed by atoms with Crippen molar-refractivity contribution in [2.24, 2.45) is 0 Å². The first-order chi connectivity index (χ1) is 15.8. The Labute approximate surface area is 186 Å². The van der Waals surface area contributed by atoms with Crippen LogP contribution >= 0.6 is 0 Å². The highest BCUT2D eigenvalue weighted by atomic mass is 16.5. The van der Waals surface area contributed by atoms with Crippen molar-refractivity contribution in [1.82, 2.24) is 24.9 Å². The van der Waals surface area contributed by atoms with E-state index < -0.39 is 0 Å². The first-order valence-electron chi connectivity index (χ1n) is 11.3. The van der Waals surface area contributed by atoms with Gasteiger partial charge in [-0.2, -0.15) is 9.61 Å². The number of aromatic nitrogens is 4. The molecule has 3 N–H and O–H groups in total. The normalized spacial score (nSPS) is 18.8. The summed E-state index contributed by atoms with van der Waals surface area (Å²) in [6.45, 7) is 1.65. The average Bonchev–Trinajstić information content (AvgIpc) is 3.46. The van der Waals surface area contributed by atoms with Crippen molar-refractivity contribution < 1.29 is 4.74 Å². The lowest BCUT2D eigenvalue weighted by Crippen LogP contribution is -2.37. The number of fused-ring (bicyclic) bond motifs is 2. The molecule has 0 spiro atoms. The molecule has 1 saturated heterocycles. The Morgan fingerprint density at radius 3 is 2.59 bits per heavy atom. The van der Waals surface area contributed by atoms with Crippen molar-refractivity contribution in [2.45, 2.75) is 37.8 Å². The highest BCUT2D eigenvalue weighted by Crippen LogP contribution is 2.36. The van der Waals surface area contributed by atoms with Crippen LogP contribution < -0.4 is 11.1 Å². The molecule has 2 aliphatic rings. The van der Waals surface area contributed by atoms with Gasteiger partial charge in [0.05, 0.1) is 23.6 Å². The van der Waals surface area contributed by atoms with Gasteiger partial charge in [-0.3, -0.25) is 4.98 Å². The monoisotopic (exact) mass is 426 g/mol. The lowest BCUT2D eigenvalue weighted by molar-refractivity contribution is 0.0747. The lowest BCUT2D eigenvalue weighted by Gasteiger charge is -2.26. The van der Waals surface area contributed by atoms with Gasteiger partial charge in [0.2, 0.25) is 0 Å². The Morgan fingerprint density at radius 2 is 1.81 bits per heavy atom. The molecule has 1 aromatic carbocycles. The van der Waals surface area contributed by atoms with E-state index in [9.17, 15) is 0 Å². The zero-order valence-corrected chi connectivity index (χ0v) is 17.9. The topological polar surface area (TPSA) is 90.4 Å². The highest BCUT2D eigenvalue weighted by Gasteiger charge is 2.30. The molecule has 7 heteroatoms. The predicted octanol–water partition coefficient (Wildman–Crippen LogP) is 3.80. The third-order valence-corrected chi connectivity index (χ3v) is 6.63. The number of pyridine rings is 1. The summed E-state index contributed by atoms with van der Waals surface area (Å²) in [7, 11) is 0. The van der Waals surface area contributed by atoms with Crippen LogP contribution in [0, 0.1) is 0 Å². The number of hydrogen-bond acceptors (Lipinski definition) is 6. The van der Waals surface area contributed by atoms with Gasteiger partial charge in [0.25, 0.3) is 0 Å². The van der Waals surface area contributed by atoms with Crippen molar-refractivity contribution in [3.63, 3.8) is 0 Å². The number of nitrogens with two attached hydrogens (primary N) is 1. The maximum Gasteiger partial charge on any atom is 0.165 e. The summed E-state index contributed by atoms with van der Waals surface area (Å²) >= 11 is 0. The van der Waals surface area contributed by atoms with Crippen molar-refractivity contribution in [1.29, 1.82) is 0 Å². The molecule has 4 heterocycles. The molecule has 1 aliphatic heterocycles. The molecule has 1 atom stereocenters. The fourth-order valence-electron chi connectivity index (χ4n) is 4.88. The van der Waals surface area contributed by atoms with Gasteiger partial charge in [-0.05, 0) is 31.7 Å². The van der Waals surface area contributed by atoms with Crippen molar-refractivity contribution in [2.75, 3.05) is 18.9 Å². The van der Waals surface area contributed by atoms with Crippen LogP contribution in [-0.2, 0) is 11.2 Å². The molecule has 0 amide bonds. The van der Waals surface area contributed by atoms with E-state index >= 15 is 0 Å². The van der Waals surface area contributed by atoms with Gasteiger partial charge in [-0.1, -0.05) is 36.4 Å². The molecule has 0 bridgehead atoms. The molecule has 4 aromatic rings. The maximum absolute atomic E-state index is 6.55. The molecule has 162 valence electrons. The summed E-state index contributed by atoms with van der Waals surface area (Å²) in [5, 5.41) is 8.36. The van der Waals surface area contributed by atoms with Crippen LogP contribution in [0.5, 0.6) is 0 Å². The standard InChI is InChI=1S/C25H26N6O/c26-24-19-7-9-22(29-18-10-12-32-13-11-18)23(19)30-25-20(15-28-31(24)25)17-6-8-21(27-14-17)16-4-2-1-3-5-16/h1-6,8,14-15,18,22,29H,7,9-13,26H2. The van der Waals surface area contributed by atoms with Crippen molar-refractivity contribution in [3.8, 4) is 22.4 Å². The van der Waals surface area contributed by atoms with Gasteiger partial charge in [0, 0.05) is 47.7 Å². The molecule has 0 saturated carbocycles. The average molecular weight is 427 g/mol. The summed E-state index contributed by atoms with van der Waals surface area (Å²) in [4.78, 5) is 9.76. The number of benzene rings is 1. The number of hydrogen-bond donors (Lipinski definition) is 2. The van der Waals surface area contributed by atoms with E-state index in [2.05, 4.69) is 33.6 Å². The molecular formula is C25H26N6O. The summed E-state index contributed by atoms with van der Waals surface area (Å²) in [5.74, 6) is 0.696. The smallest absolute Gasteiger partial charge is 0.165 e. The second kappa shape index (κ2) is 8.00. The van der Waals surface area contributed by atoms with Gasteiger partial charge in [0.1, 0.15) is 5.82 Å². The quantitative estimate of drug-likeness (QED) is 0.516. The molecule has 7 nitrogen and oxygen atoms in total. The van der Waals surface area contributed by atoms with Gasteiger partial charge in [0.15, 0.2) is 5.65 Å². The van der Waals surface area contributed by atoms with Crippen LogP contribution in [0.15, 0.2) is 54.9 Å². The van der Waals surface area contributed by atoms with E-state index in [1.165, 1.54) is 0 Å². The number of nitrogens with zero attached hydrogens (tertiary/aromatic N) is 4. The summed E-state index contributed by atoms with van der Waals surface area (Å²) in [6, 6.07) is 15.0. The number of nitrogen functional groups attached to an aromatic ring is 1. The minimum Gasteiger partial charge on any atom is -0.383 e. The first kappa shape index (κ1) is 19.4. The van der Waals surface area contributed by atoms with E-state index in [1.807, 2.05) is 36.7 Å². The van der Waals surface area contributed by atoms with E-state index in [4.69, 9.17) is 15.5 Å². The Kier molecular flexibility index (Phi) is 4.85. The number of anilines is 1. The molecule has 32 heavy (non-hydrogen) atoms. The minimum absolute atomic E-state index is 0.224. The summed E-state index contributed by atoms with van der Waals surface area (Å²) < 4.78 is 7.28. The zero-order chi connectivity index (χ0) is 21.5. The Balaban J connectivity index is 1.35. The SMILES string of the molecule is Nc1c2c(nc3c(-c4ccc(-c5ccccc5)nc4)cnn13)C(NC1CCOCC1)CC2. The molecule has 1 unspecified atom stereocenters. The summed E-state index contributed by atoms with van der Waals surface area (Å²) in [5.41, 5.74) is 13.5. The fraction of sp³-hybridized carbons (Fsp3) is 0.320. The van der Waals surface area contributed by atoms with Crippen LogP contribution in [0.1, 0.15) is 36.6 Å². The van der Waals surface area contributed by atoms with Crippen molar-refractivity contribution in [3.05, 3.63) is 66.1 Å². The van der Waals surface area contributed by atoms with Crippen LogP contribution in [0.3, 0.4) is 0 Å². The van der Waals surface area contributed by atoms with Crippen LogP contribution in [0.25, 0.3) is 28.0 Å². The molecule has 6 rings (SSSR count). The number of nitrogens with one attached hydrogen (secondary N) is 1. The lowest BCUT2D eigenvalue weighted by atomic mass is 10.1. The Hall–Kier alpha value is -3.29. The van der Waals surface area contributed by atoms with Gasteiger partial charge in [-0.25, -0.2) is 4.98 Å². The van der Waals surface area contributed by atoms with E-state index in [-0.39, 0.29) is 6.04 Å². The Morgan fingerprint density at radius 1 is 0.969 bits per heavy atom. The minimum atomic E-state index is 0.224. The third-order valence-electron chi connectivity index (χ3n) is 6.63. The fourth-order valence-corrected chi connectivity index (χ4v) is 4.88. The zero-order valence-electron chi connectivity index (χ0n) is 17.9. The molecule has 3 aromatic heterocycles. The predicted molar refractivity (Wildman–Crippen MR) is 124 cm³/mol. The first-order valence-corrected chi connectivity index (χ1v) is 11.3.